The number of imidazole rings is 1. The molecule has 3 aromatic heterocycles. The smallest absolute Gasteiger partial charge is 0.258 e. The van der Waals surface area contributed by atoms with Crippen molar-refractivity contribution in [3.63, 3.8) is 0 Å². The van der Waals surface area contributed by atoms with Crippen LogP contribution >= 0.6 is 0 Å². The fraction of sp³-hybridized carbons (Fsp3) is 0.300. The maximum Gasteiger partial charge on any atom is 0.258 e. The number of nitrogens with zero attached hydrogens (tertiary/aromatic N) is 5. The largest absolute Gasteiger partial charge is 0.327 e. The standard InChI is InChI=1S/C20H19FN6O/c1-12(21)10-26-8-6-16(25-26)18-19(27-7-2-3-17(27)24-18)13-4-5-15-14(9-13)20(28)23-11-22-15/h4-6,8-9,11-12H,2-3,7,10H2,1H3,(H,22,23,28). The molecule has 7 nitrogen and oxygen atoms in total. The van der Waals surface area contributed by atoms with Crippen molar-refractivity contribution >= 4 is 10.9 Å². The number of aromatic nitrogens is 6. The molecular weight excluding hydrogens is 359 g/mol. The molecule has 8 heteroatoms. The summed E-state index contributed by atoms with van der Waals surface area (Å²) in [5.74, 6) is 1.01. The molecule has 0 saturated carbocycles. The second kappa shape index (κ2) is 6.40. The van der Waals surface area contributed by atoms with E-state index >= 15 is 0 Å². The number of halogens is 1. The Labute approximate surface area is 159 Å². The van der Waals surface area contributed by atoms with Gasteiger partial charge in [-0.15, -0.1) is 0 Å². The highest BCUT2D eigenvalue weighted by molar-refractivity contribution is 5.86. The molecular formula is C20H19FN6O. The van der Waals surface area contributed by atoms with Crippen molar-refractivity contribution in [1.82, 2.24) is 29.3 Å². The van der Waals surface area contributed by atoms with E-state index in [-0.39, 0.29) is 12.1 Å². The van der Waals surface area contributed by atoms with E-state index in [0.717, 1.165) is 42.2 Å². The molecule has 1 atom stereocenters. The number of alkyl halides is 1. The fourth-order valence-electron chi connectivity index (χ4n) is 3.86. The Morgan fingerprint density at radius 3 is 3.07 bits per heavy atom. The van der Waals surface area contributed by atoms with Gasteiger partial charge in [0.2, 0.25) is 0 Å². The van der Waals surface area contributed by atoms with E-state index < -0.39 is 6.17 Å². The molecule has 0 radical (unpaired) electrons. The van der Waals surface area contributed by atoms with E-state index in [0.29, 0.717) is 16.6 Å². The molecule has 0 saturated heterocycles. The van der Waals surface area contributed by atoms with Crippen LogP contribution in [0.3, 0.4) is 0 Å². The van der Waals surface area contributed by atoms with Crippen LogP contribution in [0.15, 0.2) is 41.6 Å². The van der Waals surface area contributed by atoms with Gasteiger partial charge in [-0.25, -0.2) is 14.4 Å². The lowest BCUT2D eigenvalue weighted by Crippen LogP contribution is -2.08. The average molecular weight is 378 g/mol. The Morgan fingerprint density at radius 2 is 2.21 bits per heavy atom. The number of H-pyrrole nitrogens is 1. The Hall–Kier alpha value is -3.29. The van der Waals surface area contributed by atoms with Crippen molar-refractivity contribution in [2.75, 3.05) is 0 Å². The Morgan fingerprint density at radius 1 is 1.32 bits per heavy atom. The number of fused-ring (bicyclic) bond motifs is 2. The molecule has 28 heavy (non-hydrogen) atoms. The van der Waals surface area contributed by atoms with Crippen LogP contribution < -0.4 is 5.56 Å². The Balaban J connectivity index is 1.68. The summed E-state index contributed by atoms with van der Waals surface area (Å²) in [5, 5.41) is 5.06. The van der Waals surface area contributed by atoms with Gasteiger partial charge in [-0.2, -0.15) is 5.10 Å². The van der Waals surface area contributed by atoms with Gasteiger partial charge in [0.1, 0.15) is 23.4 Å². The number of aromatic amines is 1. The van der Waals surface area contributed by atoms with Crippen LogP contribution in [0.5, 0.6) is 0 Å². The summed E-state index contributed by atoms with van der Waals surface area (Å²) in [6.45, 7) is 2.60. The van der Waals surface area contributed by atoms with Crippen molar-refractivity contribution in [2.45, 2.75) is 39.0 Å². The molecule has 1 unspecified atom stereocenters. The summed E-state index contributed by atoms with van der Waals surface area (Å²) in [5.41, 5.74) is 3.79. The van der Waals surface area contributed by atoms with Crippen LogP contribution in [0.4, 0.5) is 4.39 Å². The third kappa shape index (κ3) is 2.72. The number of nitrogens with one attached hydrogen (secondary N) is 1. The molecule has 1 aromatic carbocycles. The predicted octanol–water partition coefficient (Wildman–Crippen LogP) is 2.95. The second-order valence-electron chi connectivity index (χ2n) is 7.15. The van der Waals surface area contributed by atoms with Gasteiger partial charge < -0.3 is 9.55 Å². The molecule has 0 fully saturated rings. The predicted molar refractivity (Wildman–Crippen MR) is 104 cm³/mol. The number of hydrogen-bond acceptors (Lipinski definition) is 4. The summed E-state index contributed by atoms with van der Waals surface area (Å²) >= 11 is 0. The third-order valence-electron chi connectivity index (χ3n) is 5.06. The molecule has 4 heterocycles. The molecule has 0 spiro atoms. The molecule has 0 aliphatic carbocycles. The Bertz CT molecular complexity index is 1240. The van der Waals surface area contributed by atoms with E-state index in [4.69, 9.17) is 4.98 Å². The first kappa shape index (κ1) is 16.9. The lowest BCUT2D eigenvalue weighted by Gasteiger charge is -2.08. The molecule has 0 amide bonds. The number of benzene rings is 1. The minimum Gasteiger partial charge on any atom is -0.327 e. The van der Waals surface area contributed by atoms with Crippen LogP contribution in [0.2, 0.25) is 0 Å². The van der Waals surface area contributed by atoms with Gasteiger partial charge in [-0.1, -0.05) is 6.07 Å². The van der Waals surface area contributed by atoms with Crippen LogP contribution in [-0.2, 0) is 19.5 Å². The second-order valence-corrected chi connectivity index (χ2v) is 7.15. The highest BCUT2D eigenvalue weighted by Crippen LogP contribution is 2.35. The number of aryl methyl sites for hydroxylation is 1. The number of rotatable bonds is 4. The fourth-order valence-corrected chi connectivity index (χ4v) is 3.86. The SMILES string of the molecule is CC(F)Cn1ccc(-c2nc3n(c2-c2ccc4nc[nH]c(=O)c4c2)CCC3)n1. The normalized spacial score (nSPS) is 14.5. The van der Waals surface area contributed by atoms with Crippen molar-refractivity contribution in [3.05, 3.63) is 53.0 Å². The monoisotopic (exact) mass is 378 g/mol. The zero-order chi connectivity index (χ0) is 19.3. The first-order valence-corrected chi connectivity index (χ1v) is 9.35. The van der Waals surface area contributed by atoms with Gasteiger partial charge in [0.15, 0.2) is 0 Å². The number of hydrogen-bond donors (Lipinski definition) is 1. The van der Waals surface area contributed by atoms with Gasteiger partial charge in [-0.3, -0.25) is 9.48 Å². The van der Waals surface area contributed by atoms with Gasteiger partial charge >= 0.3 is 0 Å². The summed E-state index contributed by atoms with van der Waals surface area (Å²) in [4.78, 5) is 23.9. The molecule has 1 aliphatic rings. The molecule has 0 bridgehead atoms. The van der Waals surface area contributed by atoms with Gasteiger partial charge in [0.25, 0.3) is 5.56 Å². The minimum atomic E-state index is -0.973. The van der Waals surface area contributed by atoms with Gasteiger partial charge in [0.05, 0.1) is 29.5 Å². The van der Waals surface area contributed by atoms with Crippen LogP contribution in [0.1, 0.15) is 19.2 Å². The third-order valence-corrected chi connectivity index (χ3v) is 5.06. The first-order valence-electron chi connectivity index (χ1n) is 9.35. The molecule has 1 aliphatic heterocycles. The summed E-state index contributed by atoms with van der Waals surface area (Å²) in [7, 11) is 0. The molecule has 142 valence electrons. The maximum absolute atomic E-state index is 13.3. The molecule has 5 rings (SSSR count). The van der Waals surface area contributed by atoms with Gasteiger partial charge in [0, 0.05) is 24.7 Å². The molecule has 4 aromatic rings. The Kier molecular flexibility index (Phi) is 3.85. The highest BCUT2D eigenvalue weighted by atomic mass is 19.1. The topological polar surface area (TPSA) is 81.4 Å². The van der Waals surface area contributed by atoms with Crippen molar-refractivity contribution < 1.29 is 4.39 Å². The van der Waals surface area contributed by atoms with E-state index in [1.807, 2.05) is 24.3 Å². The van der Waals surface area contributed by atoms with Crippen molar-refractivity contribution in [2.24, 2.45) is 0 Å². The zero-order valence-electron chi connectivity index (χ0n) is 15.4. The zero-order valence-corrected chi connectivity index (χ0v) is 15.4. The van der Waals surface area contributed by atoms with E-state index in [1.165, 1.54) is 13.3 Å². The van der Waals surface area contributed by atoms with E-state index in [1.54, 1.807) is 10.9 Å². The quantitative estimate of drug-likeness (QED) is 0.592. The van der Waals surface area contributed by atoms with E-state index in [9.17, 15) is 9.18 Å². The summed E-state index contributed by atoms with van der Waals surface area (Å²) in [6.07, 6.45) is 4.16. The van der Waals surface area contributed by atoms with E-state index in [2.05, 4.69) is 19.6 Å². The van der Waals surface area contributed by atoms with Crippen molar-refractivity contribution in [1.29, 1.82) is 0 Å². The summed E-state index contributed by atoms with van der Waals surface area (Å²) in [6, 6.07) is 7.52. The average Bonchev–Trinajstić information content (AvgIpc) is 3.36. The highest BCUT2D eigenvalue weighted by Gasteiger charge is 2.24. The lowest BCUT2D eigenvalue weighted by atomic mass is 10.1. The summed E-state index contributed by atoms with van der Waals surface area (Å²) < 4.78 is 17.1. The van der Waals surface area contributed by atoms with Crippen LogP contribution in [-0.4, -0.2) is 35.5 Å². The van der Waals surface area contributed by atoms with Crippen LogP contribution in [0.25, 0.3) is 33.5 Å². The lowest BCUT2D eigenvalue weighted by molar-refractivity contribution is 0.309. The maximum atomic E-state index is 13.3. The van der Waals surface area contributed by atoms with Gasteiger partial charge in [-0.05, 0) is 31.5 Å². The van der Waals surface area contributed by atoms with Crippen LogP contribution in [0, 0.1) is 0 Å². The van der Waals surface area contributed by atoms with Crippen molar-refractivity contribution in [3.8, 4) is 22.6 Å². The molecule has 1 N–H and O–H groups in total. The minimum absolute atomic E-state index is 0.171. The first-order chi connectivity index (χ1) is 13.6.